The fourth-order valence-electron chi connectivity index (χ4n) is 3.35. The molecule has 0 spiro atoms. The molecule has 1 fully saturated rings. The monoisotopic (exact) mass is 326 g/mol. The molecule has 0 radical (unpaired) electrons. The van der Waals surface area contributed by atoms with Gasteiger partial charge in [-0.3, -0.25) is 14.7 Å². The summed E-state index contributed by atoms with van der Waals surface area (Å²) in [5, 5.41) is 9.56. The summed E-state index contributed by atoms with van der Waals surface area (Å²) >= 11 is 0. The molecule has 1 aliphatic rings. The van der Waals surface area contributed by atoms with Crippen LogP contribution >= 0.6 is 0 Å². The zero-order chi connectivity index (χ0) is 16.9. The summed E-state index contributed by atoms with van der Waals surface area (Å²) in [6.45, 7) is 3.33. The van der Waals surface area contributed by atoms with Gasteiger partial charge in [-0.25, -0.2) is 0 Å². The molecule has 1 N–H and O–H groups in total. The number of aromatic nitrogens is 1. The van der Waals surface area contributed by atoms with Crippen molar-refractivity contribution in [1.82, 2.24) is 9.88 Å². The van der Waals surface area contributed by atoms with Gasteiger partial charge in [-0.2, -0.15) is 0 Å². The first-order valence-corrected chi connectivity index (χ1v) is 8.33. The Morgan fingerprint density at radius 2 is 2.12 bits per heavy atom. The lowest BCUT2D eigenvalue weighted by atomic mass is 10.00. The van der Waals surface area contributed by atoms with E-state index in [0.717, 1.165) is 30.0 Å². The lowest BCUT2D eigenvalue weighted by Gasteiger charge is -2.31. The van der Waals surface area contributed by atoms with Gasteiger partial charge in [0.2, 0.25) is 0 Å². The Bertz CT molecular complexity index is 673. The molecule has 1 aliphatic heterocycles. The maximum atomic E-state index is 11.6. The molecular formula is C19H22N2O3. The number of ether oxygens (including phenoxy) is 1. The molecule has 3 rings (SSSR count). The van der Waals surface area contributed by atoms with Crippen molar-refractivity contribution >= 4 is 5.97 Å². The van der Waals surface area contributed by atoms with E-state index in [1.54, 1.807) is 6.20 Å². The Kier molecular flexibility index (Phi) is 5.11. The van der Waals surface area contributed by atoms with Gasteiger partial charge in [-0.05, 0) is 49.6 Å². The molecule has 0 amide bonds. The minimum atomic E-state index is -0.764. The lowest BCUT2D eigenvalue weighted by Crippen LogP contribution is -2.39. The molecule has 0 aliphatic carbocycles. The number of carboxylic acids is 1. The van der Waals surface area contributed by atoms with Gasteiger partial charge in [-0.15, -0.1) is 0 Å². The second kappa shape index (κ2) is 7.45. The first-order chi connectivity index (χ1) is 11.7. The maximum Gasteiger partial charge on any atom is 0.320 e. The van der Waals surface area contributed by atoms with Crippen LogP contribution in [0.25, 0.3) is 0 Å². The van der Waals surface area contributed by atoms with Gasteiger partial charge < -0.3 is 9.84 Å². The SMILES string of the molecule is CCOc1ccc(C(c2ccccn2)N2CCCC2C(=O)O)cc1. The average molecular weight is 326 g/mol. The molecular weight excluding hydrogens is 304 g/mol. The van der Waals surface area contributed by atoms with Crippen LogP contribution in [0.5, 0.6) is 5.75 Å². The normalized spacial score (nSPS) is 19.1. The van der Waals surface area contributed by atoms with Gasteiger partial charge >= 0.3 is 5.97 Å². The van der Waals surface area contributed by atoms with Crippen LogP contribution < -0.4 is 4.74 Å². The topological polar surface area (TPSA) is 62.7 Å². The summed E-state index contributed by atoms with van der Waals surface area (Å²) in [7, 11) is 0. The number of pyridine rings is 1. The number of nitrogens with zero attached hydrogens (tertiary/aromatic N) is 2. The summed E-state index contributed by atoms with van der Waals surface area (Å²) in [4.78, 5) is 18.2. The largest absolute Gasteiger partial charge is 0.494 e. The van der Waals surface area contributed by atoms with E-state index >= 15 is 0 Å². The molecule has 24 heavy (non-hydrogen) atoms. The highest BCUT2D eigenvalue weighted by Gasteiger charge is 2.37. The van der Waals surface area contributed by atoms with Crippen LogP contribution in [-0.2, 0) is 4.79 Å². The van der Waals surface area contributed by atoms with Crippen molar-refractivity contribution in [2.24, 2.45) is 0 Å². The Morgan fingerprint density at radius 3 is 2.75 bits per heavy atom. The second-order valence-corrected chi connectivity index (χ2v) is 5.89. The number of hydrogen-bond donors (Lipinski definition) is 1. The van der Waals surface area contributed by atoms with E-state index in [1.165, 1.54) is 0 Å². The van der Waals surface area contributed by atoms with E-state index in [9.17, 15) is 9.90 Å². The van der Waals surface area contributed by atoms with Crippen molar-refractivity contribution in [2.45, 2.75) is 31.8 Å². The van der Waals surface area contributed by atoms with Crippen LogP contribution in [0.3, 0.4) is 0 Å². The van der Waals surface area contributed by atoms with Gasteiger partial charge in [0, 0.05) is 12.7 Å². The van der Waals surface area contributed by atoms with Crippen LogP contribution in [0.4, 0.5) is 0 Å². The highest BCUT2D eigenvalue weighted by atomic mass is 16.5. The molecule has 2 atom stereocenters. The lowest BCUT2D eigenvalue weighted by molar-refractivity contribution is -0.142. The fourth-order valence-corrected chi connectivity index (χ4v) is 3.35. The summed E-state index contributed by atoms with van der Waals surface area (Å²) in [5.74, 6) is 0.0524. The van der Waals surface area contributed by atoms with E-state index < -0.39 is 12.0 Å². The van der Waals surface area contributed by atoms with Crippen molar-refractivity contribution < 1.29 is 14.6 Å². The van der Waals surface area contributed by atoms with Crippen LogP contribution in [-0.4, -0.2) is 40.2 Å². The molecule has 5 heteroatoms. The molecule has 2 unspecified atom stereocenters. The minimum absolute atomic E-state index is 0.162. The average Bonchev–Trinajstić information content (AvgIpc) is 3.07. The van der Waals surface area contributed by atoms with E-state index in [1.807, 2.05) is 54.3 Å². The van der Waals surface area contributed by atoms with Gasteiger partial charge in [0.15, 0.2) is 0 Å². The molecule has 0 saturated carbocycles. The Balaban J connectivity index is 1.98. The van der Waals surface area contributed by atoms with Gasteiger partial charge in [-0.1, -0.05) is 18.2 Å². The van der Waals surface area contributed by atoms with E-state index in [0.29, 0.717) is 13.0 Å². The summed E-state index contributed by atoms with van der Waals surface area (Å²) < 4.78 is 5.51. The number of carboxylic acid groups (broad SMARTS) is 1. The zero-order valence-electron chi connectivity index (χ0n) is 13.8. The number of likely N-dealkylation sites (tertiary alicyclic amines) is 1. The van der Waals surface area contributed by atoms with Crippen molar-refractivity contribution in [2.75, 3.05) is 13.2 Å². The smallest absolute Gasteiger partial charge is 0.320 e. The maximum absolute atomic E-state index is 11.6. The Labute approximate surface area is 141 Å². The van der Waals surface area contributed by atoms with Crippen LogP contribution in [0.15, 0.2) is 48.7 Å². The summed E-state index contributed by atoms with van der Waals surface area (Å²) in [6, 6.07) is 13.0. The second-order valence-electron chi connectivity index (χ2n) is 5.89. The van der Waals surface area contributed by atoms with E-state index in [2.05, 4.69) is 4.98 Å². The summed E-state index contributed by atoms with van der Waals surface area (Å²) in [6.07, 6.45) is 3.32. The van der Waals surface area contributed by atoms with Gasteiger partial charge in [0.1, 0.15) is 11.8 Å². The fraction of sp³-hybridized carbons (Fsp3) is 0.368. The zero-order valence-corrected chi connectivity index (χ0v) is 13.8. The molecule has 2 aromatic rings. The van der Waals surface area contributed by atoms with E-state index in [4.69, 9.17) is 4.74 Å². The molecule has 126 valence electrons. The van der Waals surface area contributed by atoms with Crippen molar-refractivity contribution in [3.8, 4) is 5.75 Å². The molecule has 1 aromatic heterocycles. The third-order valence-electron chi connectivity index (χ3n) is 4.39. The van der Waals surface area contributed by atoms with E-state index in [-0.39, 0.29) is 6.04 Å². The molecule has 1 saturated heterocycles. The first-order valence-electron chi connectivity index (χ1n) is 8.33. The first kappa shape index (κ1) is 16.5. The van der Waals surface area contributed by atoms with Crippen molar-refractivity contribution in [3.05, 3.63) is 59.9 Å². The minimum Gasteiger partial charge on any atom is -0.494 e. The predicted molar refractivity (Wildman–Crippen MR) is 91.1 cm³/mol. The third-order valence-corrected chi connectivity index (χ3v) is 4.39. The van der Waals surface area contributed by atoms with Crippen LogP contribution in [0, 0.1) is 0 Å². The predicted octanol–water partition coefficient (Wildman–Crippen LogP) is 3.12. The van der Waals surface area contributed by atoms with Crippen molar-refractivity contribution in [3.63, 3.8) is 0 Å². The number of carbonyl (C=O) groups is 1. The Hall–Kier alpha value is -2.40. The van der Waals surface area contributed by atoms with Crippen molar-refractivity contribution in [1.29, 1.82) is 0 Å². The standard InChI is InChI=1S/C19H22N2O3/c1-2-24-15-10-8-14(9-11-15)18(16-6-3-4-12-20-16)21-13-5-7-17(21)19(22)23/h3-4,6,8-12,17-18H,2,5,7,13H2,1H3,(H,22,23). The molecule has 2 heterocycles. The van der Waals surface area contributed by atoms with Gasteiger partial charge in [0.05, 0.1) is 18.3 Å². The molecule has 0 bridgehead atoms. The van der Waals surface area contributed by atoms with Crippen LogP contribution in [0.2, 0.25) is 0 Å². The Morgan fingerprint density at radius 1 is 1.33 bits per heavy atom. The molecule has 1 aromatic carbocycles. The van der Waals surface area contributed by atoms with Gasteiger partial charge in [0.25, 0.3) is 0 Å². The number of aliphatic carboxylic acids is 1. The number of hydrogen-bond acceptors (Lipinski definition) is 4. The number of benzene rings is 1. The molecule has 5 nitrogen and oxygen atoms in total. The number of rotatable bonds is 6. The highest BCUT2D eigenvalue weighted by molar-refractivity contribution is 5.74. The third kappa shape index (κ3) is 3.41. The summed E-state index contributed by atoms with van der Waals surface area (Å²) in [5.41, 5.74) is 1.90. The highest BCUT2D eigenvalue weighted by Crippen LogP contribution is 2.34. The van der Waals surface area contributed by atoms with Crippen LogP contribution in [0.1, 0.15) is 37.1 Å². The quantitative estimate of drug-likeness (QED) is 0.884.